The molecule has 3 N–H and O–H groups in total. The van der Waals surface area contributed by atoms with Crippen LogP contribution >= 0.6 is 0 Å². The van der Waals surface area contributed by atoms with Crippen LogP contribution in [-0.2, 0) is 11.2 Å². The largest absolute Gasteiger partial charge is 0.501 e. The Morgan fingerprint density at radius 1 is 1.17 bits per heavy atom. The first-order valence-electron chi connectivity index (χ1n) is 10.1. The predicted octanol–water partition coefficient (Wildman–Crippen LogP) is 3.23. The number of carbonyl (C=O) groups is 1. The van der Waals surface area contributed by atoms with E-state index in [1.807, 2.05) is 37.3 Å². The van der Waals surface area contributed by atoms with Crippen LogP contribution in [0.25, 0.3) is 5.57 Å². The summed E-state index contributed by atoms with van der Waals surface area (Å²) in [7, 11) is 0. The Labute approximate surface area is 172 Å². The van der Waals surface area contributed by atoms with Gasteiger partial charge in [0.15, 0.2) is 0 Å². The third kappa shape index (κ3) is 5.68. The summed E-state index contributed by atoms with van der Waals surface area (Å²) in [5.41, 5.74) is 9.38. The van der Waals surface area contributed by atoms with E-state index in [4.69, 9.17) is 10.5 Å². The zero-order valence-corrected chi connectivity index (χ0v) is 17.0. The molecule has 0 aliphatic carbocycles. The van der Waals surface area contributed by atoms with Crippen molar-refractivity contribution in [2.45, 2.75) is 31.7 Å². The van der Waals surface area contributed by atoms with E-state index >= 15 is 0 Å². The maximum atomic E-state index is 12.6. The molecule has 5 heteroatoms. The first-order valence-corrected chi connectivity index (χ1v) is 10.1. The number of aliphatic hydroxyl groups is 1. The minimum Gasteiger partial charge on any atom is -0.501 e. The first kappa shape index (κ1) is 21.1. The van der Waals surface area contributed by atoms with E-state index in [-0.39, 0.29) is 12.5 Å². The van der Waals surface area contributed by atoms with Gasteiger partial charge in [0, 0.05) is 18.7 Å². The van der Waals surface area contributed by atoms with Crippen LogP contribution in [0.2, 0.25) is 0 Å². The van der Waals surface area contributed by atoms with Crippen LogP contribution in [0.15, 0.2) is 60.9 Å². The summed E-state index contributed by atoms with van der Waals surface area (Å²) in [6, 6.07) is 17.9. The molecule has 0 spiro atoms. The van der Waals surface area contributed by atoms with Crippen molar-refractivity contribution >= 4 is 11.5 Å². The molecule has 1 aliphatic heterocycles. The van der Waals surface area contributed by atoms with Crippen LogP contribution in [0.5, 0.6) is 0 Å². The number of benzene rings is 2. The van der Waals surface area contributed by atoms with Crippen molar-refractivity contribution < 1.29 is 14.6 Å². The quantitative estimate of drug-likeness (QED) is 0.532. The summed E-state index contributed by atoms with van der Waals surface area (Å²) in [5, 5.41) is 9.37. The van der Waals surface area contributed by atoms with Crippen molar-refractivity contribution in [3.05, 3.63) is 77.5 Å². The molecule has 1 amide bonds. The number of hydrogen-bond donors (Lipinski definition) is 2. The third-order valence-corrected chi connectivity index (χ3v) is 5.41. The highest BCUT2D eigenvalue weighted by Crippen LogP contribution is 2.21. The number of carbonyl (C=O) groups excluding carboxylic acids is 1. The second-order valence-corrected chi connectivity index (χ2v) is 7.84. The molecule has 0 radical (unpaired) electrons. The fourth-order valence-corrected chi connectivity index (χ4v) is 3.51. The molecular formula is C24H30N2O3. The number of likely N-dealkylation sites (tertiary alicyclic amines) is 1. The smallest absolute Gasteiger partial charge is 0.253 e. The van der Waals surface area contributed by atoms with Gasteiger partial charge in [0.05, 0.1) is 25.0 Å². The van der Waals surface area contributed by atoms with Gasteiger partial charge in [-0.15, -0.1) is 0 Å². The second-order valence-electron chi connectivity index (χ2n) is 7.84. The minimum absolute atomic E-state index is 0.0453. The number of aryl methyl sites for hydroxylation is 1. The van der Waals surface area contributed by atoms with Gasteiger partial charge < -0.3 is 20.5 Å². The zero-order valence-electron chi connectivity index (χ0n) is 17.0. The van der Waals surface area contributed by atoms with Crippen LogP contribution < -0.4 is 5.73 Å². The summed E-state index contributed by atoms with van der Waals surface area (Å²) in [6.07, 6.45) is 4.37. The van der Waals surface area contributed by atoms with E-state index in [1.165, 1.54) is 5.56 Å². The molecule has 3 rings (SSSR count). The summed E-state index contributed by atoms with van der Waals surface area (Å²) in [5.74, 6) is -0.0453. The van der Waals surface area contributed by atoms with Crippen molar-refractivity contribution in [2.24, 2.45) is 5.73 Å². The van der Waals surface area contributed by atoms with Crippen LogP contribution in [0, 0.1) is 0 Å². The van der Waals surface area contributed by atoms with Crippen molar-refractivity contribution in [1.82, 2.24) is 4.90 Å². The monoisotopic (exact) mass is 394 g/mol. The predicted molar refractivity (Wildman–Crippen MR) is 115 cm³/mol. The zero-order chi connectivity index (χ0) is 20.7. The van der Waals surface area contributed by atoms with Crippen molar-refractivity contribution in [1.29, 1.82) is 0 Å². The summed E-state index contributed by atoms with van der Waals surface area (Å²) >= 11 is 0. The van der Waals surface area contributed by atoms with E-state index in [2.05, 4.69) is 24.3 Å². The lowest BCUT2D eigenvalue weighted by Crippen LogP contribution is -2.46. The average Bonchev–Trinajstić information content (AvgIpc) is 3.16. The van der Waals surface area contributed by atoms with Crippen molar-refractivity contribution in [3.63, 3.8) is 0 Å². The normalized spacial score (nSPS) is 19.4. The Balaban J connectivity index is 1.48. The number of hydrogen-bond acceptors (Lipinski definition) is 4. The van der Waals surface area contributed by atoms with Gasteiger partial charge in [-0.25, -0.2) is 0 Å². The van der Waals surface area contributed by atoms with Gasteiger partial charge >= 0.3 is 0 Å². The van der Waals surface area contributed by atoms with Crippen molar-refractivity contribution in [2.75, 3.05) is 26.3 Å². The number of rotatable bonds is 8. The number of aliphatic hydroxyl groups excluding tert-OH is 1. The molecule has 1 heterocycles. The number of ether oxygens (including phenoxy) is 1. The molecule has 29 heavy (non-hydrogen) atoms. The Hall–Kier alpha value is -2.63. The molecule has 154 valence electrons. The second kappa shape index (κ2) is 9.72. The molecule has 0 aromatic heterocycles. The molecule has 0 saturated carbocycles. The maximum absolute atomic E-state index is 12.6. The number of amides is 1. The standard InChI is InChI=1S/C24H30N2O3/c1-19(16-29-15-5-8-20-6-3-2-4-7-20)21-9-11-22(12-10-21)23(28)26-14-13-24(25,17-26)18-27/h2-4,6-7,9-12,16,27H,5,8,13-15,17-18,25H2,1H3/b19-16+. The topological polar surface area (TPSA) is 75.8 Å². The van der Waals surface area contributed by atoms with Gasteiger partial charge in [0.2, 0.25) is 0 Å². The van der Waals surface area contributed by atoms with Gasteiger partial charge in [-0.1, -0.05) is 42.5 Å². The van der Waals surface area contributed by atoms with Crippen LogP contribution in [0.3, 0.4) is 0 Å². The highest BCUT2D eigenvalue weighted by atomic mass is 16.5. The van der Waals surface area contributed by atoms with Gasteiger partial charge in [-0.05, 0) is 55.0 Å². The molecule has 1 atom stereocenters. The average molecular weight is 395 g/mol. The van der Waals surface area contributed by atoms with E-state index in [1.54, 1.807) is 11.2 Å². The Morgan fingerprint density at radius 2 is 1.86 bits per heavy atom. The number of nitrogens with two attached hydrogens (primary N) is 1. The molecule has 1 saturated heterocycles. The van der Waals surface area contributed by atoms with Gasteiger partial charge in [0.1, 0.15) is 0 Å². The van der Waals surface area contributed by atoms with E-state index in [9.17, 15) is 9.90 Å². The first-order chi connectivity index (χ1) is 14.0. The fourth-order valence-electron chi connectivity index (χ4n) is 3.51. The summed E-state index contributed by atoms with van der Waals surface area (Å²) in [6.45, 7) is 3.53. The molecule has 1 aliphatic rings. The van der Waals surface area contributed by atoms with Crippen LogP contribution in [-0.4, -0.2) is 47.8 Å². The molecule has 2 aromatic carbocycles. The Morgan fingerprint density at radius 3 is 2.52 bits per heavy atom. The Bertz CT molecular complexity index is 833. The van der Waals surface area contributed by atoms with Gasteiger partial charge in [-0.3, -0.25) is 4.79 Å². The molecule has 2 aromatic rings. The number of nitrogens with zero attached hydrogens (tertiary/aromatic N) is 1. The van der Waals surface area contributed by atoms with E-state index in [0.29, 0.717) is 31.7 Å². The van der Waals surface area contributed by atoms with E-state index < -0.39 is 5.54 Å². The molecule has 1 unspecified atom stereocenters. The van der Waals surface area contributed by atoms with Gasteiger partial charge in [-0.2, -0.15) is 0 Å². The van der Waals surface area contributed by atoms with Crippen LogP contribution in [0.1, 0.15) is 41.3 Å². The van der Waals surface area contributed by atoms with Crippen molar-refractivity contribution in [3.8, 4) is 0 Å². The number of allylic oxidation sites excluding steroid dienone is 1. The lowest BCUT2D eigenvalue weighted by Gasteiger charge is -2.22. The maximum Gasteiger partial charge on any atom is 0.253 e. The Kier molecular flexibility index (Phi) is 7.07. The minimum atomic E-state index is -0.674. The molecule has 0 bridgehead atoms. The highest BCUT2D eigenvalue weighted by molar-refractivity contribution is 5.94. The molecule has 5 nitrogen and oxygen atoms in total. The van der Waals surface area contributed by atoms with Crippen LogP contribution in [0.4, 0.5) is 0 Å². The third-order valence-electron chi connectivity index (χ3n) is 5.41. The SMILES string of the molecule is C/C(=C\OCCCc1ccccc1)c1ccc(C(=O)N2CCC(N)(CO)C2)cc1. The molecule has 1 fully saturated rings. The lowest BCUT2D eigenvalue weighted by atomic mass is 10.0. The summed E-state index contributed by atoms with van der Waals surface area (Å²) < 4.78 is 5.69. The van der Waals surface area contributed by atoms with E-state index in [0.717, 1.165) is 24.0 Å². The fraction of sp³-hybridized carbons (Fsp3) is 0.375. The highest BCUT2D eigenvalue weighted by Gasteiger charge is 2.36. The summed E-state index contributed by atoms with van der Waals surface area (Å²) in [4.78, 5) is 14.4. The molecular weight excluding hydrogens is 364 g/mol. The van der Waals surface area contributed by atoms with Gasteiger partial charge in [0.25, 0.3) is 5.91 Å². The lowest BCUT2D eigenvalue weighted by molar-refractivity contribution is 0.0775.